The molecule has 1 atom stereocenters. The maximum absolute atomic E-state index is 14.2. The Hall–Kier alpha value is -4.83. The predicted octanol–water partition coefficient (Wildman–Crippen LogP) is 4.17. The van der Waals surface area contributed by atoms with Crippen LogP contribution in [0.5, 0.6) is 0 Å². The van der Waals surface area contributed by atoms with Gasteiger partial charge in [0.05, 0.1) is 19.3 Å². The van der Waals surface area contributed by atoms with E-state index in [4.69, 9.17) is 5.73 Å². The van der Waals surface area contributed by atoms with Gasteiger partial charge in [-0.1, -0.05) is 48.5 Å². The van der Waals surface area contributed by atoms with Crippen molar-refractivity contribution in [2.24, 2.45) is 5.73 Å². The number of aryl methyl sites for hydroxylation is 1. The Balaban J connectivity index is 1.33. The van der Waals surface area contributed by atoms with Crippen LogP contribution in [0.1, 0.15) is 49.1 Å². The second-order valence-corrected chi connectivity index (χ2v) is 11.9. The second-order valence-electron chi connectivity index (χ2n) is 11.9. The molecule has 0 unspecified atom stereocenters. The van der Waals surface area contributed by atoms with Crippen LogP contribution in [0.3, 0.4) is 0 Å². The van der Waals surface area contributed by atoms with Crippen molar-refractivity contribution in [2.45, 2.75) is 64.2 Å². The number of carbonyl (C=O) groups excluding carboxylic acids is 3. The van der Waals surface area contributed by atoms with Gasteiger partial charge in [-0.15, -0.1) is 0 Å². The monoisotopic (exact) mass is 596 g/mol. The molecule has 0 spiro atoms. The van der Waals surface area contributed by atoms with Crippen LogP contribution in [0.4, 0.5) is 10.1 Å². The molecular formula is C34H37FN6O3. The van der Waals surface area contributed by atoms with Gasteiger partial charge in [0.1, 0.15) is 11.9 Å². The number of aromatic nitrogens is 2. The number of H-pyrrole nitrogens is 1. The Morgan fingerprint density at radius 3 is 2.59 bits per heavy atom. The highest BCUT2D eigenvalue weighted by atomic mass is 19.1. The van der Waals surface area contributed by atoms with Crippen LogP contribution in [0.2, 0.25) is 0 Å². The molecule has 44 heavy (non-hydrogen) atoms. The third-order valence-corrected chi connectivity index (χ3v) is 7.56. The molecule has 0 fully saturated rings. The maximum Gasteiger partial charge on any atom is 0.249 e. The third kappa shape index (κ3) is 7.76. The number of nitrogens with zero attached hydrogens (tertiary/aromatic N) is 2. The molecule has 0 aliphatic carbocycles. The molecule has 3 amide bonds. The highest BCUT2D eigenvalue weighted by Crippen LogP contribution is 2.31. The predicted molar refractivity (Wildman–Crippen MR) is 167 cm³/mol. The van der Waals surface area contributed by atoms with Gasteiger partial charge in [0.15, 0.2) is 0 Å². The molecule has 9 nitrogen and oxygen atoms in total. The van der Waals surface area contributed by atoms with Crippen LogP contribution in [0, 0.1) is 5.82 Å². The number of halogens is 1. The first kappa shape index (κ1) is 30.6. The average molecular weight is 597 g/mol. The number of rotatable bonds is 10. The van der Waals surface area contributed by atoms with Gasteiger partial charge < -0.3 is 26.3 Å². The van der Waals surface area contributed by atoms with Crippen LogP contribution in [-0.4, -0.2) is 39.3 Å². The smallest absolute Gasteiger partial charge is 0.249 e. The van der Waals surface area contributed by atoms with Crippen molar-refractivity contribution in [3.05, 3.63) is 107 Å². The second kappa shape index (κ2) is 13.2. The number of benzene rings is 3. The van der Waals surface area contributed by atoms with Crippen molar-refractivity contribution in [2.75, 3.05) is 4.90 Å². The largest absolute Gasteiger partial charge is 0.352 e. The minimum Gasteiger partial charge on any atom is -0.352 e. The van der Waals surface area contributed by atoms with E-state index in [0.717, 1.165) is 33.5 Å². The summed E-state index contributed by atoms with van der Waals surface area (Å²) in [5.74, 6) is -1.03. The molecule has 1 aliphatic rings. The Bertz CT molecular complexity index is 1630. The normalized spacial score (nSPS) is 15.0. The summed E-state index contributed by atoms with van der Waals surface area (Å²) < 4.78 is 14.2. The summed E-state index contributed by atoms with van der Waals surface area (Å²) in [4.78, 5) is 47.4. The number of anilines is 1. The van der Waals surface area contributed by atoms with Crippen LogP contribution in [0.25, 0.3) is 11.1 Å². The molecule has 0 bridgehead atoms. The number of hydrogen-bond donors (Lipinski definition) is 4. The first-order valence-corrected chi connectivity index (χ1v) is 14.6. The van der Waals surface area contributed by atoms with Gasteiger partial charge in [-0.3, -0.25) is 14.4 Å². The summed E-state index contributed by atoms with van der Waals surface area (Å²) in [6.07, 6.45) is 4.27. The average Bonchev–Trinajstić information content (AvgIpc) is 3.45. The minimum absolute atomic E-state index is 0.0786. The minimum atomic E-state index is -0.755. The maximum atomic E-state index is 14.2. The molecule has 2 heterocycles. The van der Waals surface area contributed by atoms with E-state index in [-0.39, 0.29) is 42.9 Å². The van der Waals surface area contributed by atoms with Crippen LogP contribution in [0.15, 0.2) is 79.3 Å². The van der Waals surface area contributed by atoms with Crippen LogP contribution in [-0.2, 0) is 40.3 Å². The van der Waals surface area contributed by atoms with Gasteiger partial charge in [0.2, 0.25) is 17.7 Å². The van der Waals surface area contributed by atoms with Gasteiger partial charge in [0, 0.05) is 36.1 Å². The number of amides is 3. The summed E-state index contributed by atoms with van der Waals surface area (Å²) >= 11 is 0. The lowest BCUT2D eigenvalue weighted by molar-refractivity contribution is -0.128. The number of hydrogen-bond acceptors (Lipinski definition) is 5. The summed E-state index contributed by atoms with van der Waals surface area (Å²) in [6, 6.07) is 19.4. The molecule has 0 saturated heterocycles. The summed E-state index contributed by atoms with van der Waals surface area (Å²) in [7, 11) is 0. The van der Waals surface area contributed by atoms with Crippen molar-refractivity contribution in [1.29, 1.82) is 0 Å². The summed E-state index contributed by atoms with van der Waals surface area (Å²) in [5.41, 5.74) is 11.2. The van der Waals surface area contributed by atoms with Gasteiger partial charge >= 0.3 is 0 Å². The molecule has 228 valence electrons. The van der Waals surface area contributed by atoms with E-state index in [9.17, 15) is 18.8 Å². The fraction of sp³-hybridized carbons (Fsp3) is 0.294. The summed E-state index contributed by atoms with van der Waals surface area (Å²) in [5, 5.41) is 5.83. The zero-order chi connectivity index (χ0) is 31.3. The van der Waals surface area contributed by atoms with Gasteiger partial charge in [-0.2, -0.15) is 0 Å². The van der Waals surface area contributed by atoms with Crippen molar-refractivity contribution >= 4 is 23.4 Å². The van der Waals surface area contributed by atoms with E-state index in [1.54, 1.807) is 37.3 Å². The molecule has 0 saturated carbocycles. The Kier molecular flexibility index (Phi) is 9.20. The lowest BCUT2D eigenvalue weighted by Crippen LogP contribution is -2.49. The molecule has 3 aromatic carbocycles. The number of aromatic amines is 1. The van der Waals surface area contributed by atoms with E-state index >= 15 is 0 Å². The Labute approximate surface area is 256 Å². The van der Waals surface area contributed by atoms with Crippen LogP contribution >= 0.6 is 0 Å². The zero-order valence-electron chi connectivity index (χ0n) is 24.9. The number of imidazole rings is 1. The molecular weight excluding hydrogens is 559 g/mol. The Morgan fingerprint density at radius 2 is 1.86 bits per heavy atom. The molecule has 0 radical (unpaired) electrons. The zero-order valence-corrected chi connectivity index (χ0v) is 24.9. The summed E-state index contributed by atoms with van der Waals surface area (Å²) in [6.45, 7) is 4.13. The lowest BCUT2D eigenvalue weighted by atomic mass is 9.98. The molecule has 5 rings (SSSR count). The van der Waals surface area contributed by atoms with Gasteiger partial charge in [0.25, 0.3) is 0 Å². The van der Waals surface area contributed by atoms with Crippen molar-refractivity contribution in [3.63, 3.8) is 0 Å². The number of fused-ring (bicyclic) bond motifs is 1. The van der Waals surface area contributed by atoms with Crippen LogP contribution < -0.4 is 21.3 Å². The number of nitrogens with one attached hydrogen (secondary N) is 3. The molecule has 1 aliphatic heterocycles. The molecule has 1 aromatic heterocycles. The van der Waals surface area contributed by atoms with E-state index < -0.39 is 11.6 Å². The highest BCUT2D eigenvalue weighted by molar-refractivity contribution is 6.00. The molecule has 4 aromatic rings. The van der Waals surface area contributed by atoms with E-state index in [2.05, 4.69) is 20.6 Å². The van der Waals surface area contributed by atoms with Gasteiger partial charge in [-0.25, -0.2) is 9.37 Å². The van der Waals surface area contributed by atoms with Crippen molar-refractivity contribution < 1.29 is 18.8 Å². The fourth-order valence-electron chi connectivity index (χ4n) is 5.44. The standard InChI is InChI=1S/C34H37FN6O3/c1-34(2,36)17-32(43)40-29-13-11-24-15-26(35)12-14-30(24)41(33(29)44)20-22-7-9-23(10-8-22)28-6-4-3-5-25(28)18-38-31(42)16-27-19-37-21-39-27/h3-10,12,14-15,19,21,29H,11,13,16-18,20,36H2,1-2H3,(H,37,39)(H,38,42)(H,40,43)/t29-/m1/s1. The van der Waals surface area contributed by atoms with E-state index in [0.29, 0.717) is 25.1 Å². The molecule has 5 N–H and O–H groups in total. The fourth-order valence-corrected chi connectivity index (χ4v) is 5.44. The third-order valence-electron chi connectivity index (χ3n) is 7.56. The van der Waals surface area contributed by atoms with E-state index in [1.807, 2.05) is 48.5 Å². The highest BCUT2D eigenvalue weighted by Gasteiger charge is 2.32. The first-order chi connectivity index (χ1) is 21.1. The number of nitrogens with two attached hydrogens (primary N) is 1. The Morgan fingerprint density at radius 1 is 1.09 bits per heavy atom. The quantitative estimate of drug-likeness (QED) is 0.218. The lowest BCUT2D eigenvalue weighted by Gasteiger charge is -2.27. The SMILES string of the molecule is CC(C)(N)CC(=O)N[C@@H]1CCc2cc(F)ccc2N(Cc2ccc(-c3ccccc3CNC(=O)Cc3cnc[nH]3)cc2)C1=O. The number of carbonyl (C=O) groups is 3. The van der Waals surface area contributed by atoms with E-state index in [1.165, 1.54) is 12.1 Å². The van der Waals surface area contributed by atoms with Crippen molar-refractivity contribution in [3.8, 4) is 11.1 Å². The first-order valence-electron chi connectivity index (χ1n) is 14.6. The topological polar surface area (TPSA) is 133 Å². The molecule has 10 heteroatoms. The van der Waals surface area contributed by atoms with Gasteiger partial charge in [-0.05, 0) is 72.7 Å². The van der Waals surface area contributed by atoms with Crippen molar-refractivity contribution in [1.82, 2.24) is 20.6 Å².